The zero-order valence-electron chi connectivity index (χ0n) is 11.7. The minimum Gasteiger partial charge on any atom is -0.229 e. The number of sulfone groups is 1. The molecule has 0 atom stereocenters. The molecule has 3 rings (SSSR count). The van der Waals surface area contributed by atoms with E-state index >= 15 is 0 Å². The van der Waals surface area contributed by atoms with Gasteiger partial charge in [0, 0.05) is 5.92 Å². The molecule has 2 aromatic rings. The Balaban J connectivity index is 2.13. The zero-order chi connectivity index (χ0) is 14.3. The molecule has 0 radical (unpaired) electrons. The number of fused-ring (bicyclic) bond motifs is 3. The van der Waals surface area contributed by atoms with Crippen LogP contribution in [0.5, 0.6) is 0 Å². The van der Waals surface area contributed by atoms with Crippen LogP contribution in [0.25, 0.3) is 11.1 Å². The molecule has 3 heteroatoms. The predicted molar refractivity (Wildman–Crippen MR) is 82.6 cm³/mol. The first-order valence-corrected chi connectivity index (χ1v) is 8.62. The minimum atomic E-state index is -3.07. The van der Waals surface area contributed by atoms with Crippen LogP contribution in [0.1, 0.15) is 30.9 Å². The van der Waals surface area contributed by atoms with Crippen molar-refractivity contribution < 1.29 is 8.42 Å². The average Bonchev–Trinajstić information content (AvgIpc) is 2.74. The number of benzene rings is 2. The Kier molecular flexibility index (Phi) is 3.17. The van der Waals surface area contributed by atoms with Crippen molar-refractivity contribution in [1.82, 2.24) is 0 Å². The molecular weight excluding hydrogens is 268 g/mol. The van der Waals surface area contributed by atoms with Gasteiger partial charge in [-0.1, -0.05) is 48.5 Å². The maximum absolute atomic E-state index is 12.3. The average molecular weight is 286 g/mol. The van der Waals surface area contributed by atoms with Gasteiger partial charge in [0.2, 0.25) is 0 Å². The lowest BCUT2D eigenvalue weighted by molar-refractivity contribution is 0.584. The standard InChI is InChI=1S/C17H18O2S/c1-12(2)20(18,19)11-17-15-9-5-3-7-13(15)14-8-4-6-10-16(14)17/h3-10,12,17H,11H2,1-2H3. The highest BCUT2D eigenvalue weighted by molar-refractivity contribution is 7.92. The van der Waals surface area contributed by atoms with Crippen molar-refractivity contribution in [3.63, 3.8) is 0 Å². The van der Waals surface area contributed by atoms with Gasteiger partial charge < -0.3 is 0 Å². The summed E-state index contributed by atoms with van der Waals surface area (Å²) in [5, 5.41) is -0.331. The van der Waals surface area contributed by atoms with Gasteiger partial charge in [0.1, 0.15) is 0 Å². The van der Waals surface area contributed by atoms with Crippen molar-refractivity contribution >= 4 is 9.84 Å². The first-order chi connectivity index (χ1) is 9.50. The second-order valence-corrected chi connectivity index (χ2v) is 8.21. The summed E-state index contributed by atoms with van der Waals surface area (Å²) < 4.78 is 24.6. The van der Waals surface area contributed by atoms with E-state index in [-0.39, 0.29) is 16.9 Å². The molecule has 1 aliphatic carbocycles. The highest BCUT2D eigenvalue weighted by Gasteiger charge is 2.32. The molecule has 1 aliphatic rings. The highest BCUT2D eigenvalue weighted by Crippen LogP contribution is 2.45. The van der Waals surface area contributed by atoms with Gasteiger partial charge in [-0.05, 0) is 36.1 Å². The Morgan fingerprint density at radius 3 is 1.80 bits per heavy atom. The molecule has 0 N–H and O–H groups in total. The molecule has 0 saturated heterocycles. The quantitative estimate of drug-likeness (QED) is 0.863. The van der Waals surface area contributed by atoms with E-state index in [1.807, 2.05) is 24.3 Å². The van der Waals surface area contributed by atoms with E-state index in [4.69, 9.17) is 0 Å². The van der Waals surface area contributed by atoms with Crippen molar-refractivity contribution in [1.29, 1.82) is 0 Å². The Bertz CT molecular complexity index is 700. The fourth-order valence-corrected chi connectivity index (χ4v) is 4.07. The lowest BCUT2D eigenvalue weighted by atomic mass is 9.99. The van der Waals surface area contributed by atoms with Crippen LogP contribution in [0.2, 0.25) is 0 Å². The molecule has 0 bridgehead atoms. The van der Waals surface area contributed by atoms with Crippen LogP contribution in [-0.4, -0.2) is 19.4 Å². The van der Waals surface area contributed by atoms with Gasteiger partial charge >= 0.3 is 0 Å². The van der Waals surface area contributed by atoms with Crippen molar-refractivity contribution in [2.45, 2.75) is 25.0 Å². The summed E-state index contributed by atoms with van der Waals surface area (Å²) in [6.45, 7) is 3.50. The maximum atomic E-state index is 12.3. The molecule has 0 saturated carbocycles. The monoisotopic (exact) mass is 286 g/mol. The van der Waals surface area contributed by atoms with Gasteiger partial charge in [-0.2, -0.15) is 0 Å². The Hall–Kier alpha value is -1.61. The van der Waals surface area contributed by atoms with Crippen molar-refractivity contribution in [3.05, 3.63) is 59.7 Å². The van der Waals surface area contributed by atoms with Crippen LogP contribution in [0.15, 0.2) is 48.5 Å². The van der Waals surface area contributed by atoms with E-state index in [0.717, 1.165) is 11.1 Å². The predicted octanol–water partition coefficient (Wildman–Crippen LogP) is 3.62. The van der Waals surface area contributed by atoms with Crippen LogP contribution >= 0.6 is 0 Å². The van der Waals surface area contributed by atoms with Gasteiger partial charge in [0.15, 0.2) is 9.84 Å². The lowest BCUT2D eigenvalue weighted by Crippen LogP contribution is -2.22. The molecule has 0 heterocycles. The van der Waals surface area contributed by atoms with Crippen molar-refractivity contribution in [2.24, 2.45) is 0 Å². The van der Waals surface area contributed by atoms with E-state index in [0.29, 0.717) is 0 Å². The van der Waals surface area contributed by atoms with E-state index in [1.165, 1.54) is 11.1 Å². The van der Waals surface area contributed by atoms with E-state index in [2.05, 4.69) is 24.3 Å². The molecular formula is C17H18O2S. The summed E-state index contributed by atoms with van der Waals surface area (Å²) in [4.78, 5) is 0. The van der Waals surface area contributed by atoms with Crippen LogP contribution < -0.4 is 0 Å². The fraction of sp³-hybridized carbons (Fsp3) is 0.294. The lowest BCUT2D eigenvalue weighted by Gasteiger charge is -2.15. The minimum absolute atomic E-state index is 0.0326. The Labute approximate surface area is 120 Å². The third-order valence-electron chi connectivity index (χ3n) is 4.08. The molecule has 104 valence electrons. The number of hydrogen-bond acceptors (Lipinski definition) is 2. The Morgan fingerprint density at radius 1 is 0.900 bits per heavy atom. The normalized spacial score (nSPS) is 14.3. The summed E-state index contributed by atoms with van der Waals surface area (Å²) in [6, 6.07) is 16.3. The van der Waals surface area contributed by atoms with E-state index in [9.17, 15) is 8.42 Å². The number of rotatable bonds is 3. The largest absolute Gasteiger partial charge is 0.229 e. The van der Waals surface area contributed by atoms with Gasteiger partial charge in [0.05, 0.1) is 11.0 Å². The second-order valence-electron chi connectivity index (χ2n) is 5.61. The Morgan fingerprint density at radius 2 is 1.35 bits per heavy atom. The van der Waals surface area contributed by atoms with Crippen molar-refractivity contribution in [3.8, 4) is 11.1 Å². The SMILES string of the molecule is CC(C)S(=O)(=O)CC1c2ccccc2-c2ccccc21. The number of hydrogen-bond donors (Lipinski definition) is 0. The summed E-state index contributed by atoms with van der Waals surface area (Å²) >= 11 is 0. The molecule has 0 fully saturated rings. The fourth-order valence-electron chi connectivity index (χ4n) is 2.86. The molecule has 0 unspecified atom stereocenters. The molecule has 0 spiro atoms. The van der Waals surface area contributed by atoms with Gasteiger partial charge in [0.25, 0.3) is 0 Å². The van der Waals surface area contributed by atoms with Crippen molar-refractivity contribution in [2.75, 3.05) is 5.75 Å². The third-order valence-corrected chi connectivity index (χ3v) is 6.31. The highest BCUT2D eigenvalue weighted by atomic mass is 32.2. The molecule has 2 nitrogen and oxygen atoms in total. The third kappa shape index (κ3) is 2.06. The molecule has 2 aromatic carbocycles. The van der Waals surface area contributed by atoms with E-state index in [1.54, 1.807) is 13.8 Å². The van der Waals surface area contributed by atoms with Gasteiger partial charge in [-0.25, -0.2) is 8.42 Å². The van der Waals surface area contributed by atoms with Gasteiger partial charge in [-0.3, -0.25) is 0 Å². The first kappa shape index (κ1) is 13.4. The first-order valence-electron chi connectivity index (χ1n) is 6.90. The molecule has 20 heavy (non-hydrogen) atoms. The second kappa shape index (κ2) is 4.74. The van der Waals surface area contributed by atoms with Crippen LogP contribution in [0, 0.1) is 0 Å². The van der Waals surface area contributed by atoms with Crippen LogP contribution in [0.4, 0.5) is 0 Å². The van der Waals surface area contributed by atoms with E-state index < -0.39 is 9.84 Å². The molecule has 0 amide bonds. The topological polar surface area (TPSA) is 34.1 Å². The van der Waals surface area contributed by atoms with Crippen LogP contribution in [-0.2, 0) is 9.84 Å². The summed E-state index contributed by atoms with van der Waals surface area (Å²) in [5.41, 5.74) is 4.62. The summed E-state index contributed by atoms with van der Waals surface area (Å²) in [6.07, 6.45) is 0. The van der Waals surface area contributed by atoms with Crippen LogP contribution in [0.3, 0.4) is 0 Å². The van der Waals surface area contributed by atoms with Gasteiger partial charge in [-0.15, -0.1) is 0 Å². The molecule has 0 aromatic heterocycles. The zero-order valence-corrected chi connectivity index (χ0v) is 12.5. The summed E-state index contributed by atoms with van der Waals surface area (Å²) in [7, 11) is -3.07. The summed E-state index contributed by atoms with van der Waals surface area (Å²) in [5.74, 6) is 0.161. The maximum Gasteiger partial charge on any atom is 0.153 e. The molecule has 0 aliphatic heterocycles. The smallest absolute Gasteiger partial charge is 0.153 e.